The second-order valence-corrected chi connectivity index (χ2v) is 4.23. The van der Waals surface area contributed by atoms with E-state index in [2.05, 4.69) is 10.1 Å². The molecule has 0 bridgehead atoms. The minimum atomic E-state index is -1.08. The Labute approximate surface area is 113 Å². The number of carbonyl (C=O) groups excluding carboxylic acids is 2. The number of aromatic nitrogens is 1. The number of carbonyl (C=O) groups is 2. The van der Waals surface area contributed by atoms with Gasteiger partial charge in [-0.1, -0.05) is 5.16 Å². The highest BCUT2D eigenvalue weighted by atomic mass is 32.1. The summed E-state index contributed by atoms with van der Waals surface area (Å²) >= 11 is 1.10. The molecule has 0 aliphatic heterocycles. The zero-order valence-electron chi connectivity index (χ0n) is 10.4. The van der Waals surface area contributed by atoms with Crippen LogP contribution in [0.4, 0.5) is 5.13 Å². The molecule has 1 aromatic heterocycles. The van der Waals surface area contributed by atoms with Crippen molar-refractivity contribution in [3.05, 3.63) is 11.1 Å². The van der Waals surface area contributed by atoms with Crippen LogP contribution in [-0.4, -0.2) is 35.3 Å². The minimum absolute atomic E-state index is 0.138. The molecule has 1 aromatic rings. The van der Waals surface area contributed by atoms with Crippen LogP contribution in [0.15, 0.2) is 10.5 Å². The van der Waals surface area contributed by atoms with Crippen LogP contribution in [0.1, 0.15) is 19.5 Å². The Balaban J connectivity index is 2.80. The lowest BCUT2D eigenvalue weighted by atomic mass is 10.3. The number of ether oxygens (including phenoxy) is 1. The lowest BCUT2D eigenvalue weighted by Crippen LogP contribution is -2.24. The average molecular weight is 285 g/mol. The molecule has 1 heterocycles. The monoisotopic (exact) mass is 285 g/mol. The number of thiazole rings is 1. The molecule has 1 radical (unpaired) electrons. The molecule has 1 atom stereocenters. The van der Waals surface area contributed by atoms with Gasteiger partial charge in [0.1, 0.15) is 5.69 Å². The Bertz CT molecular complexity index is 499. The maximum absolute atomic E-state index is 11.3. The third-order valence-corrected chi connectivity index (χ3v) is 2.57. The predicted molar refractivity (Wildman–Crippen MR) is 68.3 cm³/mol. The smallest absolute Gasteiger partial charge is 0.349 e. The van der Waals surface area contributed by atoms with Crippen molar-refractivity contribution in [2.45, 2.75) is 20.0 Å². The molecule has 0 aliphatic carbocycles. The van der Waals surface area contributed by atoms with Gasteiger partial charge in [0.25, 0.3) is 5.91 Å². The van der Waals surface area contributed by atoms with Gasteiger partial charge < -0.3 is 15.3 Å². The number of hydrogen-bond acceptors (Lipinski definition) is 8. The van der Waals surface area contributed by atoms with Crippen LogP contribution in [0.25, 0.3) is 0 Å². The van der Waals surface area contributed by atoms with Gasteiger partial charge in [0.15, 0.2) is 10.8 Å². The van der Waals surface area contributed by atoms with Crippen molar-refractivity contribution in [2.75, 3.05) is 12.3 Å². The fraction of sp³-hybridized carbons (Fsp3) is 0.400. The molecule has 0 aromatic carbocycles. The van der Waals surface area contributed by atoms with E-state index in [1.54, 1.807) is 6.92 Å². The summed E-state index contributed by atoms with van der Waals surface area (Å²) in [5, 5.41) is 5.19. The number of rotatable bonds is 6. The second-order valence-electron chi connectivity index (χ2n) is 3.34. The van der Waals surface area contributed by atoms with Gasteiger partial charge in [0.05, 0.1) is 6.61 Å². The van der Waals surface area contributed by atoms with Crippen LogP contribution in [0.3, 0.4) is 0 Å². The van der Waals surface area contributed by atoms with Crippen LogP contribution in [0.2, 0.25) is 0 Å². The molecule has 0 spiro atoms. The molecule has 8 nitrogen and oxygen atoms in total. The predicted octanol–water partition coefficient (Wildman–Crippen LogP) is 0.207. The summed E-state index contributed by atoms with van der Waals surface area (Å²) in [6.45, 7) is 3.29. The molecule has 1 unspecified atom stereocenters. The molecule has 19 heavy (non-hydrogen) atoms. The molecule has 1 amide bonds. The summed E-state index contributed by atoms with van der Waals surface area (Å²) < 4.78 is 4.71. The number of nitrogen functional groups attached to an aromatic ring is 1. The molecule has 0 fully saturated rings. The standard InChI is InChI=1S/C10H13N4O4S/c1-3-17-9(16)5(2)18-14-7(8(11)15)6-4-19-10(12)13-6/h4-5,11H,3H2,1-2H3,(H2,12,13)/b14-7-. The molecular weight excluding hydrogens is 272 g/mol. The highest BCUT2D eigenvalue weighted by Gasteiger charge is 2.19. The fourth-order valence-electron chi connectivity index (χ4n) is 1.04. The zero-order chi connectivity index (χ0) is 14.4. The Morgan fingerprint density at radius 2 is 2.32 bits per heavy atom. The lowest BCUT2D eigenvalue weighted by Gasteiger charge is -2.08. The molecule has 0 aliphatic rings. The zero-order valence-corrected chi connectivity index (χ0v) is 11.2. The summed E-state index contributed by atoms with van der Waals surface area (Å²) in [5.74, 6) is -1.69. The van der Waals surface area contributed by atoms with Crippen molar-refractivity contribution in [1.82, 2.24) is 10.7 Å². The van der Waals surface area contributed by atoms with E-state index in [0.29, 0.717) is 0 Å². The first-order valence-corrected chi connectivity index (χ1v) is 6.21. The van der Waals surface area contributed by atoms with Crippen molar-refractivity contribution in [1.29, 1.82) is 0 Å². The van der Waals surface area contributed by atoms with Gasteiger partial charge in [-0.3, -0.25) is 10.5 Å². The summed E-state index contributed by atoms with van der Waals surface area (Å²) in [7, 11) is 0. The van der Waals surface area contributed by atoms with E-state index in [4.69, 9.17) is 21.0 Å². The Hall–Kier alpha value is -2.16. The third kappa shape index (κ3) is 4.21. The number of nitrogens with zero attached hydrogens (tertiary/aromatic N) is 2. The fourth-order valence-corrected chi connectivity index (χ4v) is 1.58. The highest BCUT2D eigenvalue weighted by molar-refractivity contribution is 7.13. The summed E-state index contributed by atoms with van der Waals surface area (Å²) in [6.07, 6.45) is -0.981. The normalized spacial score (nSPS) is 12.8. The largest absolute Gasteiger partial charge is 0.463 e. The Kier molecular flexibility index (Phi) is 5.24. The topological polar surface area (TPSA) is 128 Å². The van der Waals surface area contributed by atoms with E-state index >= 15 is 0 Å². The van der Waals surface area contributed by atoms with Gasteiger partial charge in [-0.15, -0.1) is 11.3 Å². The number of nitrogens with two attached hydrogens (primary N) is 1. The minimum Gasteiger partial charge on any atom is -0.463 e. The highest BCUT2D eigenvalue weighted by Crippen LogP contribution is 2.12. The maximum atomic E-state index is 11.3. The number of amides is 1. The van der Waals surface area contributed by atoms with Crippen LogP contribution < -0.4 is 11.5 Å². The van der Waals surface area contributed by atoms with E-state index in [9.17, 15) is 9.59 Å². The second kappa shape index (κ2) is 6.69. The van der Waals surface area contributed by atoms with Crippen LogP contribution in [-0.2, 0) is 19.2 Å². The summed E-state index contributed by atoms with van der Waals surface area (Å²) in [6, 6.07) is 0. The third-order valence-electron chi connectivity index (χ3n) is 1.90. The van der Waals surface area contributed by atoms with Gasteiger partial charge in [-0.2, -0.15) is 0 Å². The number of anilines is 1. The average Bonchev–Trinajstić information content (AvgIpc) is 2.75. The van der Waals surface area contributed by atoms with Crippen LogP contribution >= 0.6 is 11.3 Å². The van der Waals surface area contributed by atoms with Gasteiger partial charge >= 0.3 is 5.97 Å². The molecule has 103 valence electrons. The van der Waals surface area contributed by atoms with Gasteiger partial charge in [-0.25, -0.2) is 9.78 Å². The van der Waals surface area contributed by atoms with E-state index < -0.39 is 18.0 Å². The summed E-state index contributed by atoms with van der Waals surface area (Å²) in [5.41, 5.74) is 12.3. The quantitative estimate of drug-likeness (QED) is 0.452. The first-order valence-electron chi connectivity index (χ1n) is 5.33. The van der Waals surface area contributed by atoms with E-state index in [-0.39, 0.29) is 23.1 Å². The number of nitrogens with one attached hydrogen (secondary N) is 1. The first-order chi connectivity index (χ1) is 8.95. The molecule has 9 heteroatoms. The van der Waals surface area contributed by atoms with Crippen molar-refractivity contribution in [3.8, 4) is 0 Å². The van der Waals surface area contributed by atoms with E-state index in [0.717, 1.165) is 11.3 Å². The maximum Gasteiger partial charge on any atom is 0.349 e. The number of oxime groups is 1. The Morgan fingerprint density at radius 3 is 2.79 bits per heavy atom. The molecule has 0 saturated heterocycles. The van der Waals surface area contributed by atoms with Crippen molar-refractivity contribution < 1.29 is 19.2 Å². The Morgan fingerprint density at radius 1 is 1.63 bits per heavy atom. The molecule has 3 N–H and O–H groups in total. The van der Waals surface area contributed by atoms with E-state index in [1.165, 1.54) is 12.3 Å². The first kappa shape index (κ1) is 14.9. The SMILES string of the molecule is CCOC(=O)C(C)O/N=C(\C([NH])=O)c1csc(N)n1. The molecular formula is C10H13N4O4S. The number of hydrogen-bond donors (Lipinski definition) is 1. The number of esters is 1. The summed E-state index contributed by atoms with van der Waals surface area (Å²) in [4.78, 5) is 31.1. The van der Waals surface area contributed by atoms with Gasteiger partial charge in [0.2, 0.25) is 6.10 Å². The van der Waals surface area contributed by atoms with E-state index in [1.807, 2.05) is 0 Å². The molecule has 1 rings (SSSR count). The van der Waals surface area contributed by atoms with Crippen molar-refractivity contribution in [2.24, 2.45) is 5.16 Å². The lowest BCUT2D eigenvalue weighted by molar-refractivity contribution is -0.155. The van der Waals surface area contributed by atoms with Crippen LogP contribution in [0.5, 0.6) is 0 Å². The van der Waals surface area contributed by atoms with Crippen molar-refractivity contribution in [3.63, 3.8) is 0 Å². The van der Waals surface area contributed by atoms with Crippen LogP contribution in [0, 0.1) is 0 Å². The van der Waals surface area contributed by atoms with Crippen molar-refractivity contribution >= 4 is 34.1 Å². The molecule has 0 saturated carbocycles. The van der Waals surface area contributed by atoms with Gasteiger partial charge in [-0.05, 0) is 13.8 Å². The van der Waals surface area contributed by atoms with Gasteiger partial charge in [0, 0.05) is 5.38 Å².